The molecule has 0 atom stereocenters. The Balaban J connectivity index is 0.000000227. The zero-order valence-electron chi connectivity index (χ0n) is 16.0. The van der Waals surface area contributed by atoms with Crippen LogP contribution in [0.1, 0.15) is 31.8 Å². The first kappa shape index (κ1) is 26.2. The van der Waals surface area contributed by atoms with Gasteiger partial charge in [0.25, 0.3) is 0 Å². The Bertz CT molecular complexity index is 1370. The molecule has 0 saturated heterocycles. The summed E-state index contributed by atoms with van der Waals surface area (Å²) in [6.45, 7) is 0. The third kappa shape index (κ3) is 5.30. The van der Waals surface area contributed by atoms with Gasteiger partial charge in [0.05, 0.1) is 9.81 Å². The molecule has 2 aromatic rings. The molecular formula is C20H10CoO10S2. The van der Waals surface area contributed by atoms with E-state index >= 15 is 0 Å². The molecule has 2 aliphatic carbocycles. The number of benzene rings is 2. The van der Waals surface area contributed by atoms with E-state index in [0.29, 0.717) is 12.2 Å². The molecule has 2 aliphatic rings. The largest absolute Gasteiger partial charge is 2.00 e. The number of carbonyl (C=O) groups is 4. The second kappa shape index (κ2) is 9.42. The minimum atomic E-state index is -4.76. The SMILES string of the molecule is O=C1C=C(S(=O)(=O)[O-])c2ccccc2C1=O.O=C1C=C(S(=O)(=O)[O-])c2ccccc2C1=O.[Co+2]. The number of ketones is 4. The first-order valence-electron chi connectivity index (χ1n) is 8.53. The van der Waals surface area contributed by atoms with Crippen molar-refractivity contribution in [2.75, 3.05) is 0 Å². The Hall–Kier alpha value is -3.07. The molecule has 2 aromatic carbocycles. The molecule has 171 valence electrons. The Morgan fingerprint density at radius 3 is 1.06 bits per heavy atom. The van der Waals surface area contributed by atoms with Gasteiger partial charge in [-0.2, -0.15) is 0 Å². The maximum Gasteiger partial charge on any atom is 2.00 e. The second-order valence-corrected chi connectivity index (χ2v) is 9.10. The number of carbonyl (C=O) groups excluding carboxylic acids is 4. The number of allylic oxidation sites excluding steroid dienone is 2. The Labute approximate surface area is 197 Å². The van der Waals surface area contributed by atoms with Gasteiger partial charge in [0, 0.05) is 34.4 Å². The van der Waals surface area contributed by atoms with E-state index in [-0.39, 0.29) is 39.0 Å². The van der Waals surface area contributed by atoms with Gasteiger partial charge in [0.15, 0.2) is 0 Å². The summed E-state index contributed by atoms with van der Waals surface area (Å²) in [6.07, 6.45) is 1.15. The molecule has 0 bridgehead atoms. The molecule has 0 saturated carbocycles. The summed E-state index contributed by atoms with van der Waals surface area (Å²) < 4.78 is 65.5. The average Bonchev–Trinajstić information content (AvgIpc) is 2.72. The number of fused-ring (bicyclic) bond motifs is 2. The molecular weight excluding hydrogens is 523 g/mol. The van der Waals surface area contributed by atoms with Gasteiger partial charge in [-0.3, -0.25) is 19.2 Å². The molecule has 33 heavy (non-hydrogen) atoms. The number of hydrogen-bond acceptors (Lipinski definition) is 10. The summed E-state index contributed by atoms with van der Waals surface area (Å²) >= 11 is 0. The number of rotatable bonds is 2. The average molecular weight is 533 g/mol. The van der Waals surface area contributed by atoms with E-state index in [2.05, 4.69) is 0 Å². The van der Waals surface area contributed by atoms with Gasteiger partial charge >= 0.3 is 16.8 Å². The Kier molecular flexibility index (Phi) is 7.48. The molecule has 0 heterocycles. The van der Waals surface area contributed by atoms with E-state index in [1.807, 2.05) is 0 Å². The van der Waals surface area contributed by atoms with Crippen LogP contribution in [0.15, 0.2) is 60.7 Å². The van der Waals surface area contributed by atoms with E-state index in [0.717, 1.165) is 0 Å². The van der Waals surface area contributed by atoms with Crippen molar-refractivity contribution < 1.29 is 61.9 Å². The van der Waals surface area contributed by atoms with Gasteiger partial charge in [-0.05, 0) is 0 Å². The fourth-order valence-electron chi connectivity index (χ4n) is 3.00. The fraction of sp³-hybridized carbons (Fsp3) is 0. The molecule has 0 spiro atoms. The molecule has 0 unspecified atom stereocenters. The molecule has 10 nitrogen and oxygen atoms in total. The van der Waals surface area contributed by atoms with Crippen molar-refractivity contribution in [1.82, 2.24) is 0 Å². The monoisotopic (exact) mass is 533 g/mol. The molecule has 0 aliphatic heterocycles. The van der Waals surface area contributed by atoms with Crippen molar-refractivity contribution in [1.29, 1.82) is 0 Å². The number of hydrogen-bond donors (Lipinski definition) is 0. The molecule has 0 N–H and O–H groups in total. The van der Waals surface area contributed by atoms with E-state index in [1.54, 1.807) is 0 Å². The third-order valence-electron chi connectivity index (χ3n) is 4.38. The van der Waals surface area contributed by atoms with Crippen molar-refractivity contribution in [2.24, 2.45) is 0 Å². The molecule has 13 heteroatoms. The van der Waals surface area contributed by atoms with Crippen LogP contribution in [0.2, 0.25) is 0 Å². The van der Waals surface area contributed by atoms with Crippen LogP contribution in [0, 0.1) is 0 Å². The van der Waals surface area contributed by atoms with Crippen LogP contribution in [0.4, 0.5) is 0 Å². The van der Waals surface area contributed by atoms with E-state index in [9.17, 15) is 45.1 Å². The standard InChI is InChI=1S/2C10H6O5S.Co/c2*11-8-5-9(16(13,14)15)6-3-1-2-4-7(6)10(8)12;/h2*1-5H,(H,13,14,15);/q;;+2/p-2. The molecule has 0 aromatic heterocycles. The second-order valence-electron chi connectivity index (χ2n) is 6.40. The molecule has 4 rings (SSSR count). The Morgan fingerprint density at radius 1 is 0.515 bits per heavy atom. The maximum atomic E-state index is 11.4. The van der Waals surface area contributed by atoms with Crippen LogP contribution in [0.5, 0.6) is 0 Å². The van der Waals surface area contributed by atoms with Gasteiger partial charge in [-0.15, -0.1) is 0 Å². The van der Waals surface area contributed by atoms with E-state index < -0.39 is 53.2 Å². The first-order chi connectivity index (χ1) is 14.8. The summed E-state index contributed by atoms with van der Waals surface area (Å²) in [4.78, 5) is 43.9. The normalized spacial score (nSPS) is 15.2. The predicted octanol–water partition coefficient (Wildman–Crippen LogP) is 0.674. The van der Waals surface area contributed by atoms with Gasteiger partial charge < -0.3 is 9.11 Å². The van der Waals surface area contributed by atoms with Crippen molar-refractivity contribution in [3.63, 3.8) is 0 Å². The summed E-state index contributed by atoms with van der Waals surface area (Å²) in [5.74, 6) is -3.59. The van der Waals surface area contributed by atoms with Crippen molar-refractivity contribution in [3.8, 4) is 0 Å². The van der Waals surface area contributed by atoms with Crippen LogP contribution < -0.4 is 0 Å². The summed E-state index contributed by atoms with van der Waals surface area (Å²) in [6, 6.07) is 11.2. The molecule has 1 radical (unpaired) electrons. The van der Waals surface area contributed by atoms with Gasteiger partial charge in [0.1, 0.15) is 20.2 Å². The van der Waals surface area contributed by atoms with Crippen LogP contribution in [0.3, 0.4) is 0 Å². The summed E-state index contributed by atoms with van der Waals surface area (Å²) in [5.41, 5.74) is -0.127. The van der Waals surface area contributed by atoms with Crippen molar-refractivity contribution in [3.05, 3.63) is 82.9 Å². The smallest absolute Gasteiger partial charge is 0.744 e. The minimum Gasteiger partial charge on any atom is -0.744 e. The van der Waals surface area contributed by atoms with Crippen LogP contribution in [0.25, 0.3) is 9.81 Å². The fourth-order valence-corrected chi connectivity index (χ4v) is 4.39. The predicted molar refractivity (Wildman–Crippen MR) is 107 cm³/mol. The van der Waals surface area contributed by atoms with Crippen molar-refractivity contribution >= 4 is 53.2 Å². The van der Waals surface area contributed by atoms with Gasteiger partial charge in [-0.25, -0.2) is 16.8 Å². The summed E-state index contributed by atoms with van der Waals surface area (Å²) in [7, 11) is -9.52. The topological polar surface area (TPSA) is 183 Å². The van der Waals surface area contributed by atoms with Crippen molar-refractivity contribution in [2.45, 2.75) is 0 Å². The zero-order chi connectivity index (χ0) is 23.8. The Morgan fingerprint density at radius 2 is 0.788 bits per heavy atom. The molecule has 0 fully saturated rings. The van der Waals surface area contributed by atoms with E-state index in [1.165, 1.54) is 48.5 Å². The van der Waals surface area contributed by atoms with E-state index in [4.69, 9.17) is 0 Å². The quantitative estimate of drug-likeness (QED) is 0.393. The van der Waals surface area contributed by atoms with Gasteiger partial charge in [0.2, 0.25) is 23.1 Å². The maximum absolute atomic E-state index is 11.4. The number of Topliss-reactive ketones (excluding diaryl/α,β-unsaturated/α-hetero) is 2. The van der Waals surface area contributed by atoms with Crippen LogP contribution in [-0.4, -0.2) is 49.1 Å². The molecule has 0 amide bonds. The summed E-state index contributed by atoms with van der Waals surface area (Å²) in [5, 5.41) is 0. The first-order valence-corrected chi connectivity index (χ1v) is 11.4. The van der Waals surface area contributed by atoms with Gasteiger partial charge in [-0.1, -0.05) is 48.5 Å². The minimum absolute atomic E-state index is 0. The van der Waals surface area contributed by atoms with Crippen LogP contribution in [-0.2, 0) is 46.6 Å². The van der Waals surface area contributed by atoms with Crippen LogP contribution >= 0.6 is 0 Å². The third-order valence-corrected chi connectivity index (χ3v) is 6.14. The zero-order valence-corrected chi connectivity index (χ0v) is 18.7.